The van der Waals surface area contributed by atoms with Gasteiger partial charge in [-0.3, -0.25) is 4.99 Å². The van der Waals surface area contributed by atoms with Gasteiger partial charge in [0.15, 0.2) is 0 Å². The molecule has 1 unspecified atom stereocenters. The number of benzene rings is 1. The molecule has 98 valence electrons. The van der Waals surface area contributed by atoms with E-state index >= 15 is 0 Å². The molecule has 0 spiro atoms. The van der Waals surface area contributed by atoms with Crippen molar-refractivity contribution in [2.45, 2.75) is 12.1 Å². The number of nitrogens with two attached hydrogens (primary N) is 1. The number of halogens is 2. The molecule has 2 heterocycles. The molecule has 1 aliphatic heterocycles. The van der Waals surface area contributed by atoms with Crippen molar-refractivity contribution in [3.05, 3.63) is 47.5 Å². The van der Waals surface area contributed by atoms with Crippen molar-refractivity contribution in [1.82, 2.24) is 15.0 Å². The summed E-state index contributed by atoms with van der Waals surface area (Å²) in [6.45, 7) is -0.797. The molecule has 2 N–H and O–H groups in total. The van der Waals surface area contributed by atoms with Gasteiger partial charge in [-0.25, -0.2) is 13.5 Å². The Hall–Kier alpha value is -2.31. The molecule has 0 saturated heterocycles. The number of hydrogen-bond donors (Lipinski definition) is 1. The molecule has 1 aromatic heterocycles. The third-order valence-electron chi connectivity index (χ3n) is 3.22. The van der Waals surface area contributed by atoms with Crippen LogP contribution < -0.4 is 5.73 Å². The summed E-state index contributed by atoms with van der Waals surface area (Å²) in [6, 6.07) is 5.96. The van der Waals surface area contributed by atoms with Gasteiger partial charge in [0, 0.05) is 5.56 Å². The fourth-order valence-corrected chi connectivity index (χ4v) is 2.27. The Labute approximate surface area is 107 Å². The van der Waals surface area contributed by atoms with Crippen molar-refractivity contribution in [2.75, 3.05) is 6.67 Å². The van der Waals surface area contributed by atoms with Crippen molar-refractivity contribution in [3.8, 4) is 0 Å². The van der Waals surface area contributed by atoms with E-state index in [2.05, 4.69) is 15.3 Å². The number of hydrogen-bond acceptors (Lipinski definition) is 4. The molecule has 0 saturated carbocycles. The third kappa shape index (κ3) is 1.69. The lowest BCUT2D eigenvalue weighted by atomic mass is 9.90. The molecule has 0 aliphatic carbocycles. The molecule has 1 atom stereocenters. The highest BCUT2D eigenvalue weighted by atomic mass is 19.1. The molecule has 1 aromatic carbocycles. The van der Waals surface area contributed by atoms with Crippen molar-refractivity contribution < 1.29 is 8.78 Å². The summed E-state index contributed by atoms with van der Waals surface area (Å²) in [7, 11) is 0. The molecule has 19 heavy (non-hydrogen) atoms. The van der Waals surface area contributed by atoms with Crippen molar-refractivity contribution >= 4 is 5.84 Å². The lowest BCUT2D eigenvalue weighted by Crippen LogP contribution is -2.41. The number of nitrogens with zero attached hydrogens (tertiary/aromatic N) is 4. The number of fused-ring (bicyclic) bond motifs is 1. The van der Waals surface area contributed by atoms with E-state index in [1.165, 1.54) is 23.0 Å². The standard InChI is InChI=1S/C12H11F2N5/c13-6-12(8-3-1-2-4-9(8)14)7-19-10(5-16-18-19)11(15)17-12/h1-5H,6-7H2,(H2,15,17). The van der Waals surface area contributed by atoms with Crippen LogP contribution in [0, 0.1) is 5.82 Å². The lowest BCUT2D eigenvalue weighted by molar-refractivity contribution is 0.253. The topological polar surface area (TPSA) is 69.1 Å². The highest BCUT2D eigenvalue weighted by molar-refractivity contribution is 5.96. The Balaban J connectivity index is 2.17. The SMILES string of the molecule is NC1=NC(CF)(c2ccccc2F)Cn2nncc21. The van der Waals surface area contributed by atoms with Crippen LogP contribution in [0.4, 0.5) is 8.78 Å². The van der Waals surface area contributed by atoms with Gasteiger partial charge in [-0.1, -0.05) is 23.4 Å². The normalized spacial score (nSPS) is 21.9. The van der Waals surface area contributed by atoms with Crippen LogP contribution in [0.2, 0.25) is 0 Å². The number of amidine groups is 1. The quantitative estimate of drug-likeness (QED) is 0.878. The molecule has 7 heteroatoms. The molecule has 1 aliphatic rings. The first-order valence-electron chi connectivity index (χ1n) is 5.71. The maximum Gasteiger partial charge on any atom is 0.147 e. The molecular formula is C12H11F2N5. The number of aromatic nitrogens is 3. The monoisotopic (exact) mass is 263 g/mol. The van der Waals surface area contributed by atoms with Gasteiger partial charge in [-0.2, -0.15) is 0 Å². The van der Waals surface area contributed by atoms with E-state index < -0.39 is 18.0 Å². The summed E-state index contributed by atoms with van der Waals surface area (Å²) < 4.78 is 28.9. The van der Waals surface area contributed by atoms with Crippen LogP contribution in [-0.4, -0.2) is 27.5 Å². The lowest BCUT2D eigenvalue weighted by Gasteiger charge is -2.31. The molecule has 0 radical (unpaired) electrons. The average Bonchev–Trinajstić information content (AvgIpc) is 2.87. The molecule has 3 rings (SSSR count). The highest BCUT2D eigenvalue weighted by Gasteiger charge is 2.39. The summed E-state index contributed by atoms with van der Waals surface area (Å²) in [5, 5.41) is 7.53. The molecule has 0 amide bonds. The van der Waals surface area contributed by atoms with Crippen LogP contribution in [0.15, 0.2) is 35.5 Å². The minimum absolute atomic E-state index is 0.0699. The number of alkyl halides is 1. The van der Waals surface area contributed by atoms with Crippen molar-refractivity contribution in [1.29, 1.82) is 0 Å². The van der Waals surface area contributed by atoms with Gasteiger partial charge < -0.3 is 5.73 Å². The van der Waals surface area contributed by atoms with Gasteiger partial charge >= 0.3 is 0 Å². The fourth-order valence-electron chi connectivity index (χ4n) is 2.27. The highest BCUT2D eigenvalue weighted by Crippen LogP contribution is 2.33. The summed E-state index contributed by atoms with van der Waals surface area (Å²) in [5.74, 6) is -0.405. The van der Waals surface area contributed by atoms with E-state index in [9.17, 15) is 8.78 Å². The summed E-state index contributed by atoms with van der Waals surface area (Å²) in [6.07, 6.45) is 1.45. The molecule has 5 nitrogen and oxygen atoms in total. The summed E-state index contributed by atoms with van der Waals surface area (Å²) >= 11 is 0. The smallest absolute Gasteiger partial charge is 0.147 e. The second kappa shape index (κ2) is 4.11. The van der Waals surface area contributed by atoms with Crippen LogP contribution in [0.3, 0.4) is 0 Å². The van der Waals surface area contributed by atoms with Crippen LogP contribution in [-0.2, 0) is 12.1 Å². The van der Waals surface area contributed by atoms with E-state index in [1.807, 2.05) is 0 Å². The second-order valence-corrected chi connectivity index (χ2v) is 4.42. The largest absolute Gasteiger partial charge is 0.382 e. The maximum absolute atomic E-state index is 13.9. The zero-order valence-electron chi connectivity index (χ0n) is 9.92. The minimum atomic E-state index is -1.38. The second-order valence-electron chi connectivity index (χ2n) is 4.42. The van der Waals surface area contributed by atoms with E-state index in [-0.39, 0.29) is 17.9 Å². The predicted octanol–water partition coefficient (Wildman–Crippen LogP) is 1.00. The predicted molar refractivity (Wildman–Crippen MR) is 64.8 cm³/mol. The minimum Gasteiger partial charge on any atom is -0.382 e. The van der Waals surface area contributed by atoms with Crippen LogP contribution in [0.1, 0.15) is 11.3 Å². The van der Waals surface area contributed by atoms with Gasteiger partial charge in [0.1, 0.15) is 29.6 Å². The Morgan fingerprint density at radius 1 is 1.37 bits per heavy atom. The molecule has 2 aromatic rings. The first-order valence-corrected chi connectivity index (χ1v) is 5.71. The molecule has 0 bridgehead atoms. The van der Waals surface area contributed by atoms with Gasteiger partial charge in [-0.15, -0.1) is 5.10 Å². The van der Waals surface area contributed by atoms with Gasteiger partial charge in [0.25, 0.3) is 0 Å². The Morgan fingerprint density at radius 3 is 2.89 bits per heavy atom. The first-order chi connectivity index (χ1) is 9.16. The average molecular weight is 263 g/mol. The van der Waals surface area contributed by atoms with Crippen LogP contribution in [0.5, 0.6) is 0 Å². The number of aliphatic imine (C=N–C) groups is 1. The van der Waals surface area contributed by atoms with Crippen molar-refractivity contribution in [2.24, 2.45) is 10.7 Å². The third-order valence-corrected chi connectivity index (χ3v) is 3.22. The Morgan fingerprint density at radius 2 is 2.16 bits per heavy atom. The Bertz CT molecular complexity index is 651. The molecular weight excluding hydrogens is 252 g/mol. The van der Waals surface area contributed by atoms with Gasteiger partial charge in [-0.05, 0) is 6.07 Å². The zero-order chi connectivity index (χ0) is 13.5. The fraction of sp³-hybridized carbons (Fsp3) is 0.250. The van der Waals surface area contributed by atoms with Crippen LogP contribution >= 0.6 is 0 Å². The molecule has 0 fully saturated rings. The van der Waals surface area contributed by atoms with Crippen molar-refractivity contribution in [3.63, 3.8) is 0 Å². The van der Waals surface area contributed by atoms with Gasteiger partial charge in [0.05, 0.1) is 12.7 Å². The van der Waals surface area contributed by atoms with E-state index in [0.717, 1.165) is 0 Å². The van der Waals surface area contributed by atoms with E-state index in [0.29, 0.717) is 5.69 Å². The first kappa shape index (κ1) is 11.8. The summed E-state index contributed by atoms with van der Waals surface area (Å²) in [4.78, 5) is 4.16. The van der Waals surface area contributed by atoms with Gasteiger partial charge in [0.2, 0.25) is 0 Å². The summed E-state index contributed by atoms with van der Waals surface area (Å²) in [5.41, 5.74) is 5.09. The number of rotatable bonds is 2. The Kier molecular flexibility index (Phi) is 2.55. The van der Waals surface area contributed by atoms with Crippen LogP contribution in [0.25, 0.3) is 0 Å². The zero-order valence-corrected chi connectivity index (χ0v) is 9.92. The van der Waals surface area contributed by atoms with E-state index in [1.54, 1.807) is 12.1 Å². The maximum atomic E-state index is 13.9. The van der Waals surface area contributed by atoms with E-state index in [4.69, 9.17) is 5.73 Å².